The standard InChI is InChI=1S/C27H35F/c1-2-3-4-6-20-9-10-26-18-25(16-15-24(26)17-20)22-13-11-21(12-14-22)23-7-5-8-27(28)19-23/h5,7-8,11-14,19-20,24-26H,2-4,6,9-10,15-18H2,1H3/t20?,24-,25-,26-/m1/s1. The molecule has 0 bridgehead atoms. The van der Waals surface area contributed by atoms with Crippen molar-refractivity contribution in [2.75, 3.05) is 0 Å². The Labute approximate surface area is 170 Å². The number of benzene rings is 2. The minimum absolute atomic E-state index is 0.162. The zero-order chi connectivity index (χ0) is 19.3. The van der Waals surface area contributed by atoms with Crippen LogP contribution in [0, 0.1) is 23.6 Å². The molecule has 0 N–H and O–H groups in total. The van der Waals surface area contributed by atoms with Gasteiger partial charge in [0.15, 0.2) is 0 Å². The zero-order valence-electron chi connectivity index (χ0n) is 17.4. The van der Waals surface area contributed by atoms with Crippen LogP contribution >= 0.6 is 0 Å². The molecule has 1 unspecified atom stereocenters. The van der Waals surface area contributed by atoms with Gasteiger partial charge in [-0.2, -0.15) is 0 Å². The summed E-state index contributed by atoms with van der Waals surface area (Å²) in [7, 11) is 0. The molecule has 150 valence electrons. The summed E-state index contributed by atoms with van der Waals surface area (Å²) >= 11 is 0. The van der Waals surface area contributed by atoms with Crippen LogP contribution in [0.25, 0.3) is 11.1 Å². The number of rotatable bonds is 6. The van der Waals surface area contributed by atoms with E-state index in [1.54, 1.807) is 12.1 Å². The van der Waals surface area contributed by atoms with Crippen LogP contribution in [-0.2, 0) is 0 Å². The van der Waals surface area contributed by atoms with Crippen molar-refractivity contribution in [3.63, 3.8) is 0 Å². The SMILES string of the molecule is CCCCCC1CC[C@@H]2C[C@H](c3ccc(-c4cccc(F)c4)cc3)CC[C@@H]2C1. The van der Waals surface area contributed by atoms with Gasteiger partial charge < -0.3 is 0 Å². The summed E-state index contributed by atoms with van der Waals surface area (Å²) in [5, 5.41) is 0. The van der Waals surface area contributed by atoms with Crippen LogP contribution in [0.3, 0.4) is 0 Å². The molecule has 28 heavy (non-hydrogen) atoms. The van der Waals surface area contributed by atoms with E-state index in [0.717, 1.165) is 34.8 Å². The molecule has 0 aliphatic heterocycles. The number of halogens is 1. The third-order valence-electron chi connectivity index (χ3n) is 7.48. The van der Waals surface area contributed by atoms with Crippen molar-refractivity contribution in [3.8, 4) is 11.1 Å². The van der Waals surface area contributed by atoms with E-state index in [1.165, 1.54) is 75.8 Å². The van der Waals surface area contributed by atoms with Crippen LogP contribution in [-0.4, -0.2) is 0 Å². The van der Waals surface area contributed by atoms with E-state index in [1.807, 2.05) is 6.07 Å². The summed E-state index contributed by atoms with van der Waals surface area (Å²) in [4.78, 5) is 0. The first-order chi connectivity index (χ1) is 13.7. The first-order valence-corrected chi connectivity index (χ1v) is 11.6. The molecule has 2 aromatic carbocycles. The molecule has 2 fully saturated rings. The molecule has 0 heterocycles. The molecule has 1 heteroatoms. The monoisotopic (exact) mass is 378 g/mol. The predicted molar refractivity (Wildman–Crippen MR) is 117 cm³/mol. The van der Waals surface area contributed by atoms with Crippen molar-refractivity contribution in [2.45, 2.75) is 77.0 Å². The molecule has 2 saturated carbocycles. The zero-order valence-corrected chi connectivity index (χ0v) is 17.4. The maximum atomic E-state index is 13.5. The van der Waals surface area contributed by atoms with Gasteiger partial charge >= 0.3 is 0 Å². The highest BCUT2D eigenvalue weighted by Crippen LogP contribution is 2.48. The molecule has 0 radical (unpaired) electrons. The molecule has 4 rings (SSSR count). The summed E-state index contributed by atoms with van der Waals surface area (Å²) in [6.07, 6.45) is 14.3. The third kappa shape index (κ3) is 4.67. The molecule has 2 aliphatic rings. The minimum atomic E-state index is -0.162. The van der Waals surface area contributed by atoms with Gasteiger partial charge in [0.1, 0.15) is 5.82 Å². The lowest BCUT2D eigenvalue weighted by atomic mass is 9.63. The summed E-state index contributed by atoms with van der Waals surface area (Å²) in [5.74, 6) is 3.51. The third-order valence-corrected chi connectivity index (χ3v) is 7.48. The lowest BCUT2D eigenvalue weighted by Crippen LogP contribution is -2.30. The maximum absolute atomic E-state index is 13.5. The average Bonchev–Trinajstić information content (AvgIpc) is 2.74. The Morgan fingerprint density at radius 1 is 0.821 bits per heavy atom. The van der Waals surface area contributed by atoms with E-state index in [9.17, 15) is 4.39 Å². The van der Waals surface area contributed by atoms with Gasteiger partial charge in [0.25, 0.3) is 0 Å². The number of fused-ring (bicyclic) bond motifs is 1. The fourth-order valence-corrected chi connectivity index (χ4v) is 5.85. The van der Waals surface area contributed by atoms with E-state index in [4.69, 9.17) is 0 Å². The van der Waals surface area contributed by atoms with Crippen LogP contribution < -0.4 is 0 Å². The lowest BCUT2D eigenvalue weighted by Gasteiger charge is -2.42. The van der Waals surface area contributed by atoms with Crippen LogP contribution in [0.5, 0.6) is 0 Å². The smallest absolute Gasteiger partial charge is 0.123 e. The minimum Gasteiger partial charge on any atom is -0.207 e. The summed E-state index contributed by atoms with van der Waals surface area (Å²) in [6.45, 7) is 2.31. The highest BCUT2D eigenvalue weighted by molar-refractivity contribution is 5.63. The highest BCUT2D eigenvalue weighted by Gasteiger charge is 2.35. The molecular weight excluding hydrogens is 343 g/mol. The predicted octanol–water partition coefficient (Wildman–Crippen LogP) is 8.37. The topological polar surface area (TPSA) is 0 Å². The maximum Gasteiger partial charge on any atom is 0.123 e. The molecule has 0 nitrogen and oxygen atoms in total. The van der Waals surface area contributed by atoms with Crippen molar-refractivity contribution in [1.82, 2.24) is 0 Å². The molecule has 0 amide bonds. The molecular formula is C27H35F. The molecule has 2 aromatic rings. The van der Waals surface area contributed by atoms with Gasteiger partial charge in [0.05, 0.1) is 0 Å². The molecule has 0 spiro atoms. The normalized spacial score (nSPS) is 27.4. The quantitative estimate of drug-likeness (QED) is 0.443. The van der Waals surface area contributed by atoms with Crippen molar-refractivity contribution in [1.29, 1.82) is 0 Å². The van der Waals surface area contributed by atoms with E-state index in [0.29, 0.717) is 0 Å². The van der Waals surface area contributed by atoms with E-state index >= 15 is 0 Å². The van der Waals surface area contributed by atoms with Gasteiger partial charge in [-0.25, -0.2) is 4.39 Å². The summed E-state index contributed by atoms with van der Waals surface area (Å²) in [6, 6.07) is 15.9. The second-order valence-electron chi connectivity index (χ2n) is 9.34. The average molecular weight is 379 g/mol. The van der Waals surface area contributed by atoms with Crippen molar-refractivity contribution in [3.05, 3.63) is 59.9 Å². The Morgan fingerprint density at radius 3 is 2.39 bits per heavy atom. The first-order valence-electron chi connectivity index (χ1n) is 11.6. The second-order valence-corrected chi connectivity index (χ2v) is 9.34. The van der Waals surface area contributed by atoms with Gasteiger partial charge in [-0.3, -0.25) is 0 Å². The van der Waals surface area contributed by atoms with Crippen molar-refractivity contribution < 1.29 is 4.39 Å². The lowest BCUT2D eigenvalue weighted by molar-refractivity contribution is 0.113. The van der Waals surface area contributed by atoms with Crippen molar-refractivity contribution in [2.24, 2.45) is 17.8 Å². The number of hydrogen-bond acceptors (Lipinski definition) is 0. The number of unbranched alkanes of at least 4 members (excludes halogenated alkanes) is 2. The summed E-state index contributed by atoms with van der Waals surface area (Å²) in [5.41, 5.74) is 3.57. The molecule has 2 aliphatic carbocycles. The van der Waals surface area contributed by atoms with Crippen LogP contribution in [0.4, 0.5) is 4.39 Å². The Kier molecular flexibility index (Phi) is 6.50. The number of hydrogen-bond donors (Lipinski definition) is 0. The Bertz CT molecular complexity index is 747. The van der Waals surface area contributed by atoms with Gasteiger partial charge in [-0.1, -0.05) is 75.4 Å². The highest BCUT2D eigenvalue weighted by atomic mass is 19.1. The summed E-state index contributed by atoms with van der Waals surface area (Å²) < 4.78 is 13.5. The Balaban J connectivity index is 1.35. The Morgan fingerprint density at radius 2 is 1.61 bits per heavy atom. The largest absolute Gasteiger partial charge is 0.207 e. The fraction of sp³-hybridized carbons (Fsp3) is 0.556. The van der Waals surface area contributed by atoms with E-state index in [2.05, 4.69) is 31.2 Å². The van der Waals surface area contributed by atoms with E-state index < -0.39 is 0 Å². The fourth-order valence-electron chi connectivity index (χ4n) is 5.85. The van der Waals surface area contributed by atoms with Gasteiger partial charge in [-0.15, -0.1) is 0 Å². The molecule has 0 aromatic heterocycles. The van der Waals surface area contributed by atoms with Gasteiger partial charge in [-0.05, 0) is 84.6 Å². The molecule has 4 atom stereocenters. The first kappa shape index (κ1) is 19.7. The van der Waals surface area contributed by atoms with Crippen molar-refractivity contribution >= 4 is 0 Å². The van der Waals surface area contributed by atoms with Gasteiger partial charge in [0.2, 0.25) is 0 Å². The molecule has 0 saturated heterocycles. The van der Waals surface area contributed by atoms with Crippen LogP contribution in [0.15, 0.2) is 48.5 Å². The Hall–Kier alpha value is -1.63. The second kappa shape index (κ2) is 9.25. The van der Waals surface area contributed by atoms with Crippen LogP contribution in [0.2, 0.25) is 0 Å². The van der Waals surface area contributed by atoms with Gasteiger partial charge in [0, 0.05) is 0 Å². The van der Waals surface area contributed by atoms with E-state index in [-0.39, 0.29) is 5.82 Å². The van der Waals surface area contributed by atoms with Crippen LogP contribution in [0.1, 0.15) is 82.6 Å².